The van der Waals surface area contributed by atoms with Gasteiger partial charge in [-0.05, 0) is 46.5 Å². The van der Waals surface area contributed by atoms with Crippen LogP contribution in [0.25, 0.3) is 0 Å². The first kappa shape index (κ1) is 24.8. The summed E-state index contributed by atoms with van der Waals surface area (Å²) in [5.41, 5.74) is -0.563. The number of hydrogen-bond acceptors (Lipinski definition) is 6. The predicted molar refractivity (Wildman–Crippen MR) is 110 cm³/mol. The Hall–Kier alpha value is -1.21. The summed E-state index contributed by atoms with van der Waals surface area (Å²) in [7, 11) is -3.45. The molecule has 1 aromatic rings. The van der Waals surface area contributed by atoms with Crippen molar-refractivity contribution in [3.05, 3.63) is 32.6 Å². The van der Waals surface area contributed by atoms with Crippen LogP contribution in [0, 0.1) is 12.3 Å². The maximum atomic E-state index is 13.0. The lowest BCUT2D eigenvalue weighted by molar-refractivity contribution is 0.0208. The van der Waals surface area contributed by atoms with E-state index in [9.17, 15) is 14.2 Å². The molecule has 0 unspecified atom stereocenters. The smallest absolute Gasteiger partial charge is 0.356 e. The van der Waals surface area contributed by atoms with Crippen LogP contribution >= 0.6 is 7.60 Å². The van der Waals surface area contributed by atoms with Crippen molar-refractivity contribution in [1.82, 2.24) is 9.55 Å². The quantitative estimate of drug-likeness (QED) is 0.582. The maximum absolute atomic E-state index is 13.0. The van der Waals surface area contributed by atoms with Gasteiger partial charge in [0, 0.05) is 11.8 Å². The molecule has 1 rings (SSSR count). The van der Waals surface area contributed by atoms with Gasteiger partial charge >= 0.3 is 13.3 Å². The lowest BCUT2D eigenvalue weighted by Gasteiger charge is -2.29. The largest absolute Gasteiger partial charge is 0.364 e. The summed E-state index contributed by atoms with van der Waals surface area (Å²) in [5, 5.41) is 0. The van der Waals surface area contributed by atoms with E-state index in [0.29, 0.717) is 12.0 Å². The van der Waals surface area contributed by atoms with Gasteiger partial charge in [-0.15, -0.1) is 0 Å². The summed E-state index contributed by atoms with van der Waals surface area (Å²) in [4.78, 5) is 26.0. The molecule has 0 aliphatic carbocycles. The molecule has 0 saturated heterocycles. The molecular formula is C19H35N2O6P. The molecule has 0 spiro atoms. The number of hydrogen-bond donors (Lipinski definition) is 1. The van der Waals surface area contributed by atoms with Gasteiger partial charge in [0.25, 0.3) is 5.56 Å². The van der Waals surface area contributed by atoms with Crippen molar-refractivity contribution in [3.63, 3.8) is 0 Å². The lowest BCUT2D eigenvalue weighted by Crippen LogP contribution is -2.36. The molecule has 0 bridgehead atoms. The third-order valence-electron chi connectivity index (χ3n) is 3.64. The fourth-order valence-electron chi connectivity index (χ4n) is 2.76. The standard InChI is InChI=1S/C19H35N2O6P/c1-13(2)26-28(24,27-14(3)4)12-25-16(9-19(6,7)8)11-21-10-15(5)17(22)20-18(21)23/h10,13-14,16H,9,11-12H2,1-8H3,(H,20,22,23)/t16-/m0/s1. The number of aromatic nitrogens is 2. The summed E-state index contributed by atoms with van der Waals surface area (Å²) < 4.78 is 31.5. The highest BCUT2D eigenvalue weighted by atomic mass is 31.2. The van der Waals surface area contributed by atoms with Crippen molar-refractivity contribution in [2.75, 3.05) is 6.35 Å². The highest BCUT2D eigenvalue weighted by molar-refractivity contribution is 7.53. The zero-order chi connectivity index (χ0) is 21.7. The van der Waals surface area contributed by atoms with Crippen molar-refractivity contribution in [1.29, 1.82) is 0 Å². The van der Waals surface area contributed by atoms with Gasteiger partial charge in [0.1, 0.15) is 6.35 Å². The summed E-state index contributed by atoms with van der Waals surface area (Å²) in [6, 6.07) is 0. The van der Waals surface area contributed by atoms with Gasteiger partial charge in [-0.2, -0.15) is 0 Å². The van der Waals surface area contributed by atoms with Gasteiger partial charge in [-0.3, -0.25) is 18.9 Å². The number of aryl methyl sites for hydroxylation is 1. The van der Waals surface area contributed by atoms with Crippen LogP contribution in [0.4, 0.5) is 0 Å². The maximum Gasteiger partial charge on any atom is 0.356 e. The molecule has 0 radical (unpaired) electrons. The van der Waals surface area contributed by atoms with E-state index in [2.05, 4.69) is 25.8 Å². The molecule has 1 N–H and O–H groups in total. The second-order valence-electron chi connectivity index (χ2n) is 8.83. The monoisotopic (exact) mass is 418 g/mol. The first-order valence-corrected chi connectivity index (χ1v) is 11.3. The van der Waals surface area contributed by atoms with Crippen LogP contribution in [0.5, 0.6) is 0 Å². The van der Waals surface area contributed by atoms with Gasteiger partial charge in [-0.1, -0.05) is 20.8 Å². The molecule has 0 saturated carbocycles. The van der Waals surface area contributed by atoms with Crippen LogP contribution in [0.2, 0.25) is 0 Å². The third kappa shape index (κ3) is 8.86. The normalized spacial score (nSPS) is 14.1. The SMILES string of the molecule is Cc1cn(C[C@H](CC(C)(C)C)OCP(=O)(OC(C)C)OC(C)C)c(=O)[nH]c1=O. The molecule has 0 aliphatic rings. The average Bonchev–Trinajstić information content (AvgIpc) is 2.47. The first-order chi connectivity index (χ1) is 12.7. The van der Waals surface area contributed by atoms with Crippen molar-refractivity contribution >= 4 is 7.60 Å². The van der Waals surface area contributed by atoms with E-state index in [-0.39, 0.29) is 30.5 Å². The molecular weight excluding hydrogens is 383 g/mol. The van der Waals surface area contributed by atoms with Crippen LogP contribution in [0.3, 0.4) is 0 Å². The second kappa shape index (κ2) is 10.0. The number of H-pyrrole nitrogens is 1. The molecule has 1 aromatic heterocycles. The van der Waals surface area contributed by atoms with E-state index < -0.39 is 24.9 Å². The number of nitrogens with zero attached hydrogens (tertiary/aromatic N) is 1. The highest BCUT2D eigenvalue weighted by Crippen LogP contribution is 2.50. The topological polar surface area (TPSA) is 99.6 Å². The Kier molecular flexibility index (Phi) is 8.88. The second-order valence-corrected chi connectivity index (χ2v) is 10.7. The minimum absolute atomic E-state index is 0.0900. The van der Waals surface area contributed by atoms with E-state index in [1.807, 2.05) is 0 Å². The molecule has 1 atom stereocenters. The van der Waals surface area contributed by atoms with Gasteiger partial charge in [-0.25, -0.2) is 4.79 Å². The lowest BCUT2D eigenvalue weighted by atomic mass is 9.89. The van der Waals surface area contributed by atoms with Gasteiger partial charge < -0.3 is 13.8 Å². The Morgan fingerprint density at radius 1 is 1.11 bits per heavy atom. The van der Waals surface area contributed by atoms with Crippen LogP contribution < -0.4 is 11.2 Å². The summed E-state index contributed by atoms with van der Waals surface area (Å²) >= 11 is 0. The average molecular weight is 418 g/mol. The van der Waals surface area contributed by atoms with Crippen molar-refractivity contribution in [2.45, 2.75) is 86.7 Å². The fraction of sp³-hybridized carbons (Fsp3) is 0.789. The Bertz CT molecular complexity index is 777. The Labute approximate surface area is 167 Å². The fourth-order valence-corrected chi connectivity index (χ4v) is 4.61. The van der Waals surface area contributed by atoms with Crippen molar-refractivity contribution in [3.8, 4) is 0 Å². The summed E-state index contributed by atoms with van der Waals surface area (Å²) in [6.45, 7) is 15.2. The number of rotatable bonds is 10. The predicted octanol–water partition coefficient (Wildman–Crippen LogP) is 3.67. The minimum Gasteiger partial charge on any atom is -0.364 e. The number of nitrogens with one attached hydrogen (secondary N) is 1. The van der Waals surface area contributed by atoms with E-state index in [0.717, 1.165) is 0 Å². The summed E-state index contributed by atoms with van der Waals surface area (Å²) in [5.74, 6) is 0. The Morgan fingerprint density at radius 2 is 1.64 bits per heavy atom. The van der Waals surface area contributed by atoms with Crippen LogP contribution in [0.1, 0.15) is 60.5 Å². The van der Waals surface area contributed by atoms with Gasteiger partial charge in [0.15, 0.2) is 0 Å². The molecule has 0 amide bonds. The van der Waals surface area contributed by atoms with Crippen LogP contribution in [-0.4, -0.2) is 34.2 Å². The van der Waals surface area contributed by atoms with Crippen molar-refractivity contribution < 1.29 is 18.3 Å². The molecule has 162 valence electrons. The van der Waals surface area contributed by atoms with Crippen molar-refractivity contribution in [2.24, 2.45) is 5.41 Å². The summed E-state index contributed by atoms with van der Waals surface area (Å²) in [6.07, 6.45) is 0.942. The van der Waals surface area contributed by atoms with E-state index >= 15 is 0 Å². The zero-order valence-electron chi connectivity index (χ0n) is 18.3. The molecule has 0 aliphatic heterocycles. The number of aromatic amines is 1. The van der Waals surface area contributed by atoms with Crippen LogP contribution in [0.15, 0.2) is 15.8 Å². The van der Waals surface area contributed by atoms with Crippen LogP contribution in [-0.2, 0) is 24.9 Å². The third-order valence-corrected chi connectivity index (χ3v) is 5.59. The van der Waals surface area contributed by atoms with Gasteiger partial charge in [0.05, 0.1) is 24.9 Å². The molecule has 1 heterocycles. The minimum atomic E-state index is -3.45. The van der Waals surface area contributed by atoms with Gasteiger partial charge in [0.2, 0.25) is 0 Å². The highest BCUT2D eigenvalue weighted by Gasteiger charge is 2.31. The Morgan fingerprint density at radius 3 is 2.11 bits per heavy atom. The molecule has 0 aromatic carbocycles. The molecule has 9 heteroatoms. The Balaban J connectivity index is 3.04. The zero-order valence-corrected chi connectivity index (χ0v) is 19.2. The molecule has 28 heavy (non-hydrogen) atoms. The number of ether oxygens (including phenoxy) is 1. The first-order valence-electron chi connectivity index (χ1n) is 9.58. The molecule has 8 nitrogen and oxygen atoms in total. The molecule has 0 fully saturated rings. The van der Waals surface area contributed by atoms with E-state index in [1.165, 1.54) is 10.8 Å². The van der Waals surface area contributed by atoms with E-state index in [1.54, 1.807) is 34.6 Å². The van der Waals surface area contributed by atoms with E-state index in [4.69, 9.17) is 13.8 Å².